The zero-order chi connectivity index (χ0) is 18.3. The number of halogens is 3. The minimum Gasteiger partial charge on any atom is -0.379 e. The topological polar surface area (TPSA) is 48.9 Å². The predicted octanol–water partition coefficient (Wildman–Crippen LogP) is 3.02. The van der Waals surface area contributed by atoms with Crippen LogP contribution in [0.4, 0.5) is 4.39 Å². The molecular weight excluding hydrogens is 514 g/mol. The van der Waals surface area contributed by atoms with Crippen molar-refractivity contribution in [2.24, 2.45) is 4.99 Å². The highest BCUT2D eigenvalue weighted by Crippen LogP contribution is 2.16. The van der Waals surface area contributed by atoms with Crippen molar-refractivity contribution in [2.75, 3.05) is 46.4 Å². The zero-order valence-electron chi connectivity index (χ0n) is 15.6. The molecule has 26 heavy (non-hydrogen) atoms. The fraction of sp³-hybridized carbons (Fsp3) is 0.611. The van der Waals surface area contributed by atoms with Gasteiger partial charge >= 0.3 is 0 Å². The van der Waals surface area contributed by atoms with Crippen LogP contribution >= 0.6 is 39.9 Å². The van der Waals surface area contributed by atoms with Crippen LogP contribution < -0.4 is 10.6 Å². The van der Waals surface area contributed by atoms with Crippen LogP contribution in [0.5, 0.6) is 0 Å². The Bertz CT molecular complexity index is 595. The minimum atomic E-state index is -0.179. The Hall–Kier alpha value is -0.450. The molecule has 1 saturated heterocycles. The van der Waals surface area contributed by atoms with E-state index in [-0.39, 0.29) is 35.3 Å². The first-order valence-electron chi connectivity index (χ1n) is 8.63. The van der Waals surface area contributed by atoms with E-state index in [1.807, 2.05) is 6.07 Å². The molecule has 0 unspecified atom stereocenters. The maximum Gasteiger partial charge on any atom is 0.191 e. The second kappa shape index (κ2) is 11.4. The molecule has 8 heteroatoms. The van der Waals surface area contributed by atoms with Gasteiger partial charge in [-0.3, -0.25) is 9.89 Å². The highest BCUT2D eigenvalue weighted by molar-refractivity contribution is 14.0. The smallest absolute Gasteiger partial charge is 0.191 e. The van der Waals surface area contributed by atoms with Crippen LogP contribution in [-0.4, -0.2) is 62.8 Å². The molecule has 0 aromatic heterocycles. The van der Waals surface area contributed by atoms with Gasteiger partial charge in [0.25, 0.3) is 0 Å². The number of hydrogen-bond acceptors (Lipinski definition) is 3. The van der Waals surface area contributed by atoms with Crippen LogP contribution in [0.15, 0.2) is 27.7 Å². The molecular formula is C18H29BrFIN4O. The molecule has 0 atom stereocenters. The molecule has 2 N–H and O–H groups in total. The molecule has 1 heterocycles. The van der Waals surface area contributed by atoms with Crippen molar-refractivity contribution in [3.8, 4) is 0 Å². The van der Waals surface area contributed by atoms with Gasteiger partial charge in [0.2, 0.25) is 0 Å². The molecule has 0 aliphatic carbocycles. The fourth-order valence-electron chi connectivity index (χ4n) is 2.85. The van der Waals surface area contributed by atoms with Gasteiger partial charge in [-0.1, -0.05) is 15.9 Å². The average Bonchev–Trinajstić information content (AvgIpc) is 2.61. The highest BCUT2D eigenvalue weighted by Gasteiger charge is 2.28. The molecule has 1 fully saturated rings. The molecule has 148 valence electrons. The van der Waals surface area contributed by atoms with E-state index in [4.69, 9.17) is 4.74 Å². The maximum atomic E-state index is 13.8. The summed E-state index contributed by atoms with van der Waals surface area (Å²) in [6.45, 7) is 9.29. The number of rotatable bonds is 6. The second-order valence-electron chi connectivity index (χ2n) is 6.75. The molecule has 1 aromatic carbocycles. The van der Waals surface area contributed by atoms with E-state index in [0.717, 1.165) is 43.3 Å². The molecule has 0 amide bonds. The van der Waals surface area contributed by atoms with Gasteiger partial charge in [-0.2, -0.15) is 0 Å². The highest BCUT2D eigenvalue weighted by atomic mass is 127. The summed E-state index contributed by atoms with van der Waals surface area (Å²) in [5.74, 6) is 0.554. The Morgan fingerprint density at radius 1 is 1.31 bits per heavy atom. The number of guanidine groups is 1. The molecule has 1 aliphatic rings. The third kappa shape index (κ3) is 7.28. The summed E-state index contributed by atoms with van der Waals surface area (Å²) in [6, 6.07) is 5.01. The first-order valence-corrected chi connectivity index (χ1v) is 9.43. The molecule has 1 aliphatic heterocycles. The third-order valence-corrected chi connectivity index (χ3v) is 4.97. The van der Waals surface area contributed by atoms with Gasteiger partial charge in [-0.15, -0.1) is 24.0 Å². The lowest BCUT2D eigenvalue weighted by atomic mass is 10.0. The van der Waals surface area contributed by atoms with E-state index in [2.05, 4.69) is 50.3 Å². The van der Waals surface area contributed by atoms with E-state index in [1.165, 1.54) is 6.07 Å². The number of ether oxygens (including phenoxy) is 1. The van der Waals surface area contributed by atoms with E-state index in [9.17, 15) is 4.39 Å². The van der Waals surface area contributed by atoms with Crippen LogP contribution in [0.2, 0.25) is 0 Å². The van der Waals surface area contributed by atoms with E-state index >= 15 is 0 Å². The number of aliphatic imine (C=N–C) groups is 1. The molecule has 0 spiro atoms. The molecule has 2 rings (SSSR count). The second-order valence-corrected chi connectivity index (χ2v) is 7.67. The zero-order valence-corrected chi connectivity index (χ0v) is 19.6. The van der Waals surface area contributed by atoms with Gasteiger partial charge in [0, 0.05) is 43.2 Å². The summed E-state index contributed by atoms with van der Waals surface area (Å²) in [4.78, 5) is 6.68. The van der Waals surface area contributed by atoms with E-state index in [1.54, 1.807) is 13.1 Å². The summed E-state index contributed by atoms with van der Waals surface area (Å²) in [5, 5.41) is 6.63. The first-order chi connectivity index (χ1) is 11.9. The fourth-order valence-corrected chi connectivity index (χ4v) is 3.26. The third-order valence-electron chi connectivity index (χ3n) is 4.47. The van der Waals surface area contributed by atoms with Crippen LogP contribution in [0, 0.1) is 5.82 Å². The number of morpholine rings is 1. The first kappa shape index (κ1) is 23.6. The van der Waals surface area contributed by atoms with Gasteiger partial charge in [0.05, 0.1) is 13.2 Å². The van der Waals surface area contributed by atoms with Crippen LogP contribution in [0.25, 0.3) is 0 Å². The monoisotopic (exact) mass is 542 g/mol. The van der Waals surface area contributed by atoms with Crippen molar-refractivity contribution in [1.29, 1.82) is 0 Å². The lowest BCUT2D eigenvalue weighted by molar-refractivity contribution is -0.00833. The van der Waals surface area contributed by atoms with Crippen LogP contribution in [-0.2, 0) is 11.2 Å². The van der Waals surface area contributed by atoms with Crippen molar-refractivity contribution in [3.05, 3.63) is 34.1 Å². The molecule has 5 nitrogen and oxygen atoms in total. The molecule has 0 saturated carbocycles. The SMILES string of the molecule is CN=C(NCCc1cc(Br)ccc1F)NCC(C)(C)N1CCOCC1.I. The van der Waals surface area contributed by atoms with Crippen LogP contribution in [0.3, 0.4) is 0 Å². The lowest BCUT2D eigenvalue weighted by Crippen LogP contribution is -2.56. The summed E-state index contributed by atoms with van der Waals surface area (Å²) >= 11 is 3.38. The summed E-state index contributed by atoms with van der Waals surface area (Å²) in [6.07, 6.45) is 0.596. The number of nitrogens with one attached hydrogen (secondary N) is 2. The van der Waals surface area contributed by atoms with Gasteiger partial charge in [-0.25, -0.2) is 4.39 Å². The normalized spacial score (nSPS) is 16.1. The Morgan fingerprint density at radius 3 is 2.65 bits per heavy atom. The van der Waals surface area contributed by atoms with E-state index < -0.39 is 0 Å². The number of nitrogens with zero attached hydrogens (tertiary/aromatic N) is 2. The summed E-state index contributed by atoms with van der Waals surface area (Å²) in [5.41, 5.74) is 0.698. The molecule has 0 radical (unpaired) electrons. The van der Waals surface area contributed by atoms with E-state index in [0.29, 0.717) is 18.5 Å². The minimum absolute atomic E-state index is 0. The standard InChI is InChI=1S/C18H28BrFN4O.HI/c1-18(2,24-8-10-25-11-9-24)13-23-17(21-3)22-7-6-14-12-15(19)4-5-16(14)20;/h4-5,12H,6-11,13H2,1-3H3,(H2,21,22,23);1H. The Kier molecular flexibility index (Phi) is 10.3. The summed E-state index contributed by atoms with van der Waals surface area (Å²) in [7, 11) is 1.75. The summed E-state index contributed by atoms with van der Waals surface area (Å²) < 4.78 is 20.1. The molecule has 1 aromatic rings. The number of benzene rings is 1. The van der Waals surface area contributed by atoms with Crippen molar-refractivity contribution in [3.63, 3.8) is 0 Å². The largest absolute Gasteiger partial charge is 0.379 e. The van der Waals surface area contributed by atoms with Crippen LogP contribution in [0.1, 0.15) is 19.4 Å². The van der Waals surface area contributed by atoms with Crippen molar-refractivity contribution >= 4 is 45.9 Å². The van der Waals surface area contributed by atoms with Crippen molar-refractivity contribution < 1.29 is 9.13 Å². The number of hydrogen-bond donors (Lipinski definition) is 2. The van der Waals surface area contributed by atoms with Gasteiger partial charge in [0.15, 0.2) is 5.96 Å². The van der Waals surface area contributed by atoms with Gasteiger partial charge < -0.3 is 15.4 Å². The van der Waals surface area contributed by atoms with Gasteiger partial charge in [0.1, 0.15) is 5.82 Å². The Labute approximate surface area is 181 Å². The average molecular weight is 543 g/mol. The maximum absolute atomic E-state index is 13.8. The quantitative estimate of drug-likeness (QED) is 0.329. The lowest BCUT2D eigenvalue weighted by Gasteiger charge is -2.41. The molecule has 0 bridgehead atoms. The van der Waals surface area contributed by atoms with Crippen molar-refractivity contribution in [1.82, 2.24) is 15.5 Å². The van der Waals surface area contributed by atoms with Crippen molar-refractivity contribution in [2.45, 2.75) is 25.8 Å². The predicted molar refractivity (Wildman–Crippen MR) is 119 cm³/mol. The Balaban J connectivity index is 0.00000338. The Morgan fingerprint density at radius 2 is 2.00 bits per heavy atom. The van der Waals surface area contributed by atoms with Gasteiger partial charge in [-0.05, 0) is 44.0 Å².